The van der Waals surface area contributed by atoms with E-state index in [2.05, 4.69) is 29.6 Å². The molecule has 2 aliphatic carbocycles. The van der Waals surface area contributed by atoms with Crippen LogP contribution in [-0.4, -0.2) is 6.04 Å². The third-order valence-corrected chi connectivity index (χ3v) is 3.80. The van der Waals surface area contributed by atoms with Crippen LogP contribution in [0.2, 0.25) is 0 Å². The summed E-state index contributed by atoms with van der Waals surface area (Å²) in [6.07, 6.45) is 5.13. The van der Waals surface area contributed by atoms with Crippen LogP contribution in [0.15, 0.2) is 24.3 Å². The molecule has 2 aliphatic rings. The fourth-order valence-corrected chi connectivity index (χ4v) is 2.69. The van der Waals surface area contributed by atoms with Gasteiger partial charge in [-0.1, -0.05) is 30.7 Å². The molecule has 1 aromatic carbocycles. The quantitative estimate of drug-likeness (QED) is 0.772. The molecule has 0 saturated heterocycles. The highest BCUT2D eigenvalue weighted by atomic mass is 15.0. The number of hydrogen-bond acceptors (Lipinski definition) is 2. The fraction of sp³-hybridized carbons (Fsp3) is 0.538. The molecule has 0 amide bonds. The van der Waals surface area contributed by atoms with E-state index in [9.17, 15) is 0 Å². The summed E-state index contributed by atoms with van der Waals surface area (Å²) in [5, 5.41) is 3.72. The van der Waals surface area contributed by atoms with Crippen LogP contribution in [0.3, 0.4) is 0 Å². The Labute approximate surface area is 90.9 Å². The zero-order valence-electron chi connectivity index (χ0n) is 8.95. The van der Waals surface area contributed by atoms with E-state index in [1.54, 1.807) is 0 Å². The van der Waals surface area contributed by atoms with Crippen molar-refractivity contribution in [2.24, 2.45) is 5.73 Å². The molecular weight excluding hydrogens is 184 g/mol. The number of nitrogens with two attached hydrogens (primary N) is 1. The number of benzene rings is 1. The minimum Gasteiger partial charge on any atom is -0.324 e. The predicted molar refractivity (Wildman–Crippen MR) is 61.5 cm³/mol. The molecular formula is C13H18N2. The lowest BCUT2D eigenvalue weighted by Crippen LogP contribution is -2.37. The van der Waals surface area contributed by atoms with E-state index in [0.29, 0.717) is 6.04 Å². The number of hydrogen-bond donors (Lipinski definition) is 2. The molecule has 2 heteroatoms. The van der Waals surface area contributed by atoms with E-state index in [0.717, 1.165) is 12.5 Å². The van der Waals surface area contributed by atoms with E-state index in [1.165, 1.54) is 30.4 Å². The van der Waals surface area contributed by atoms with E-state index >= 15 is 0 Å². The third kappa shape index (κ3) is 1.58. The highest BCUT2D eigenvalue weighted by molar-refractivity contribution is 5.37. The molecule has 0 aromatic heterocycles. The molecule has 1 fully saturated rings. The first-order valence-electron chi connectivity index (χ1n) is 5.95. The predicted octanol–water partition coefficient (Wildman–Crippen LogP) is 2.27. The van der Waals surface area contributed by atoms with Crippen LogP contribution in [0.4, 0.5) is 0 Å². The Morgan fingerprint density at radius 3 is 2.53 bits per heavy atom. The minimum atomic E-state index is 0.235. The molecule has 2 atom stereocenters. The Bertz CT molecular complexity index is 357. The fourth-order valence-electron chi connectivity index (χ4n) is 2.69. The average molecular weight is 202 g/mol. The largest absolute Gasteiger partial charge is 0.324 e. The van der Waals surface area contributed by atoms with Crippen LogP contribution >= 0.6 is 0 Å². The molecule has 3 rings (SSSR count). The highest BCUT2D eigenvalue weighted by Gasteiger charge is 2.30. The zero-order chi connectivity index (χ0) is 10.3. The molecule has 15 heavy (non-hydrogen) atoms. The van der Waals surface area contributed by atoms with Crippen LogP contribution in [0.25, 0.3) is 0 Å². The van der Waals surface area contributed by atoms with Crippen LogP contribution < -0.4 is 11.1 Å². The molecule has 2 nitrogen and oxygen atoms in total. The van der Waals surface area contributed by atoms with Gasteiger partial charge in [-0.2, -0.15) is 0 Å². The lowest BCUT2D eigenvalue weighted by Gasteiger charge is -2.30. The molecule has 0 spiro atoms. The summed E-state index contributed by atoms with van der Waals surface area (Å²) in [7, 11) is 0. The Hall–Kier alpha value is -0.860. The van der Waals surface area contributed by atoms with Crippen molar-refractivity contribution in [3.63, 3.8) is 0 Å². The van der Waals surface area contributed by atoms with Crippen molar-refractivity contribution in [2.75, 3.05) is 0 Å². The maximum Gasteiger partial charge on any atom is 0.0344 e. The molecule has 0 radical (unpaired) electrons. The molecule has 2 unspecified atom stereocenters. The van der Waals surface area contributed by atoms with Crippen molar-refractivity contribution in [3.05, 3.63) is 35.4 Å². The maximum absolute atomic E-state index is 6.13. The summed E-state index contributed by atoms with van der Waals surface area (Å²) in [5.41, 5.74) is 8.90. The van der Waals surface area contributed by atoms with Crippen LogP contribution in [0.1, 0.15) is 48.9 Å². The summed E-state index contributed by atoms with van der Waals surface area (Å²) in [6.45, 7) is 0. The second-order valence-electron chi connectivity index (χ2n) is 4.82. The van der Waals surface area contributed by atoms with Gasteiger partial charge in [-0.3, -0.25) is 0 Å². The molecule has 0 heterocycles. The first-order valence-corrected chi connectivity index (χ1v) is 5.95. The van der Waals surface area contributed by atoms with E-state index in [-0.39, 0.29) is 6.04 Å². The zero-order valence-corrected chi connectivity index (χ0v) is 8.95. The lowest BCUT2D eigenvalue weighted by atomic mass is 9.92. The highest BCUT2D eigenvalue weighted by Crippen LogP contribution is 2.38. The van der Waals surface area contributed by atoms with E-state index < -0.39 is 0 Å². The Morgan fingerprint density at radius 1 is 1.13 bits per heavy atom. The van der Waals surface area contributed by atoms with Crippen molar-refractivity contribution >= 4 is 0 Å². The van der Waals surface area contributed by atoms with Gasteiger partial charge in [-0.15, -0.1) is 0 Å². The van der Waals surface area contributed by atoms with Gasteiger partial charge in [0.25, 0.3) is 0 Å². The number of nitrogens with one attached hydrogen (secondary N) is 1. The van der Waals surface area contributed by atoms with Crippen molar-refractivity contribution in [2.45, 2.75) is 43.8 Å². The second-order valence-corrected chi connectivity index (χ2v) is 4.82. The smallest absolute Gasteiger partial charge is 0.0344 e. The van der Waals surface area contributed by atoms with E-state index in [4.69, 9.17) is 5.73 Å². The summed E-state index contributed by atoms with van der Waals surface area (Å²) in [6, 6.07) is 10.1. The third-order valence-electron chi connectivity index (χ3n) is 3.80. The molecule has 0 aliphatic heterocycles. The number of rotatable bonds is 2. The van der Waals surface area contributed by atoms with Crippen molar-refractivity contribution < 1.29 is 0 Å². The summed E-state index contributed by atoms with van der Waals surface area (Å²) in [5.74, 6) is 0. The van der Waals surface area contributed by atoms with Gasteiger partial charge in [0.15, 0.2) is 0 Å². The van der Waals surface area contributed by atoms with Crippen molar-refractivity contribution in [3.8, 4) is 0 Å². The molecule has 1 aromatic rings. The number of fused-ring (bicyclic) bond motifs is 1. The van der Waals surface area contributed by atoms with Gasteiger partial charge >= 0.3 is 0 Å². The van der Waals surface area contributed by atoms with Crippen molar-refractivity contribution in [1.82, 2.24) is 5.32 Å². The molecule has 80 valence electrons. The monoisotopic (exact) mass is 202 g/mol. The van der Waals surface area contributed by atoms with Gasteiger partial charge in [0.05, 0.1) is 0 Å². The molecule has 0 bridgehead atoms. The second kappa shape index (κ2) is 3.62. The van der Waals surface area contributed by atoms with Gasteiger partial charge in [-0.25, -0.2) is 0 Å². The van der Waals surface area contributed by atoms with Crippen LogP contribution in [0, 0.1) is 0 Å². The summed E-state index contributed by atoms with van der Waals surface area (Å²) in [4.78, 5) is 0. The molecule has 3 N–H and O–H groups in total. The normalized spacial score (nSPS) is 29.9. The standard InChI is InChI=1S/C13H18N2/c14-12-8-13(15-9-4-3-5-9)11-7-2-1-6-10(11)12/h1-2,6-7,9,12-13,15H,3-5,8,14H2. The average Bonchev–Trinajstić information content (AvgIpc) is 2.51. The first-order chi connectivity index (χ1) is 7.34. The van der Waals surface area contributed by atoms with Gasteiger partial charge in [-0.05, 0) is 30.4 Å². The summed E-state index contributed by atoms with van der Waals surface area (Å²) >= 11 is 0. The maximum atomic E-state index is 6.13. The Balaban J connectivity index is 1.81. The van der Waals surface area contributed by atoms with Gasteiger partial charge < -0.3 is 11.1 Å². The lowest BCUT2D eigenvalue weighted by molar-refractivity contribution is 0.300. The first kappa shape index (κ1) is 9.37. The van der Waals surface area contributed by atoms with Crippen LogP contribution in [0.5, 0.6) is 0 Å². The minimum absolute atomic E-state index is 0.235. The van der Waals surface area contributed by atoms with Crippen LogP contribution in [-0.2, 0) is 0 Å². The SMILES string of the molecule is NC1CC(NC2CCC2)c2ccccc21. The molecule has 1 saturated carbocycles. The Kier molecular flexibility index (Phi) is 2.26. The van der Waals surface area contributed by atoms with Crippen molar-refractivity contribution in [1.29, 1.82) is 0 Å². The van der Waals surface area contributed by atoms with Gasteiger partial charge in [0.1, 0.15) is 0 Å². The Morgan fingerprint density at radius 2 is 1.87 bits per heavy atom. The van der Waals surface area contributed by atoms with Gasteiger partial charge in [0, 0.05) is 18.1 Å². The van der Waals surface area contributed by atoms with Gasteiger partial charge in [0.2, 0.25) is 0 Å². The summed E-state index contributed by atoms with van der Waals surface area (Å²) < 4.78 is 0. The topological polar surface area (TPSA) is 38.0 Å². The van der Waals surface area contributed by atoms with E-state index in [1.807, 2.05) is 0 Å².